The number of benzene rings is 12. The van der Waals surface area contributed by atoms with Crippen molar-refractivity contribution in [2.75, 3.05) is 4.90 Å². The molecule has 1 aliphatic carbocycles. The largest absolute Gasteiger partial charge is 0.310 e. The summed E-state index contributed by atoms with van der Waals surface area (Å²) in [6.45, 7) is 0. The molecule has 342 valence electrons. The lowest BCUT2D eigenvalue weighted by molar-refractivity contribution is 0.768. The zero-order chi connectivity index (χ0) is 48.3. The molecule has 0 saturated carbocycles. The van der Waals surface area contributed by atoms with E-state index in [9.17, 15) is 0 Å². The topological polar surface area (TPSA) is 8.17 Å². The van der Waals surface area contributed by atoms with Crippen LogP contribution in [-0.2, 0) is 5.41 Å². The van der Waals surface area contributed by atoms with Crippen molar-refractivity contribution < 1.29 is 0 Å². The Morgan fingerprint density at radius 3 is 1.58 bits per heavy atom. The standard InChI is InChI=1S/C71H48N2/c1-4-18-49(19-5-1)50-34-41-58(42-35-50)73-69-33-15-13-30-65(69)66-47-53(38-45-70(66)73)51-36-39-57(40-37-51)72(59-27-16-22-54(46-59)62-31-17-21-52-20-10-11-28-61(52)62)60-43-44-64-63-29-12-14-32-67(63)71(68(64)48-60,55-23-6-2-7-24-55)56-25-8-3-9-26-56/h1-48H. The molecule has 12 aromatic carbocycles. The fourth-order valence-electron chi connectivity index (χ4n) is 12.0. The molecule has 1 aliphatic rings. The zero-order valence-electron chi connectivity index (χ0n) is 40.1. The Balaban J connectivity index is 0.914. The first-order valence-electron chi connectivity index (χ1n) is 25.2. The Bertz CT molecular complexity index is 4130. The van der Waals surface area contributed by atoms with Crippen molar-refractivity contribution in [2.45, 2.75) is 5.41 Å². The van der Waals surface area contributed by atoms with Crippen LogP contribution in [0.2, 0.25) is 0 Å². The molecule has 0 spiro atoms. The third kappa shape index (κ3) is 6.94. The monoisotopic (exact) mass is 928 g/mol. The van der Waals surface area contributed by atoms with E-state index < -0.39 is 5.41 Å². The third-order valence-electron chi connectivity index (χ3n) is 15.3. The first-order chi connectivity index (χ1) is 36.2. The second-order valence-electron chi connectivity index (χ2n) is 19.2. The fourth-order valence-corrected chi connectivity index (χ4v) is 12.0. The molecular weight excluding hydrogens is 881 g/mol. The zero-order valence-corrected chi connectivity index (χ0v) is 40.1. The average molecular weight is 929 g/mol. The molecule has 2 nitrogen and oxygen atoms in total. The van der Waals surface area contributed by atoms with E-state index in [4.69, 9.17) is 0 Å². The van der Waals surface area contributed by atoms with Gasteiger partial charge in [-0.2, -0.15) is 0 Å². The van der Waals surface area contributed by atoms with Crippen LogP contribution in [0.4, 0.5) is 17.1 Å². The van der Waals surface area contributed by atoms with Crippen LogP contribution < -0.4 is 4.90 Å². The van der Waals surface area contributed by atoms with Crippen molar-refractivity contribution in [1.29, 1.82) is 0 Å². The van der Waals surface area contributed by atoms with Crippen LogP contribution >= 0.6 is 0 Å². The number of para-hydroxylation sites is 1. The smallest absolute Gasteiger partial charge is 0.0714 e. The van der Waals surface area contributed by atoms with Crippen LogP contribution in [0.25, 0.3) is 82.8 Å². The molecule has 0 bridgehead atoms. The molecule has 0 fully saturated rings. The Morgan fingerprint density at radius 1 is 0.274 bits per heavy atom. The lowest BCUT2D eigenvalue weighted by Gasteiger charge is -2.35. The first kappa shape index (κ1) is 42.4. The lowest BCUT2D eigenvalue weighted by atomic mass is 9.67. The van der Waals surface area contributed by atoms with E-state index in [0.29, 0.717) is 0 Å². The SMILES string of the molecule is c1ccc(-c2ccc(-n3c4ccccc4c4cc(-c5ccc(N(c6cccc(-c7cccc8ccccc78)c6)c6ccc7c(c6)C(c6ccccc6)(c6ccccc6)c6ccccc6-7)cc5)ccc43)cc2)cc1. The second kappa shape index (κ2) is 17.4. The normalized spacial score (nSPS) is 12.5. The third-order valence-corrected chi connectivity index (χ3v) is 15.3. The molecular formula is C71H48N2. The van der Waals surface area contributed by atoms with Gasteiger partial charge in [-0.25, -0.2) is 0 Å². The molecule has 0 atom stereocenters. The maximum atomic E-state index is 2.47. The number of hydrogen-bond acceptors (Lipinski definition) is 1. The predicted octanol–water partition coefficient (Wildman–Crippen LogP) is 18.8. The Morgan fingerprint density at radius 2 is 0.795 bits per heavy atom. The van der Waals surface area contributed by atoms with Gasteiger partial charge in [0.05, 0.1) is 16.4 Å². The highest BCUT2D eigenvalue weighted by Gasteiger charge is 2.46. The van der Waals surface area contributed by atoms with Crippen molar-refractivity contribution in [3.05, 3.63) is 313 Å². The van der Waals surface area contributed by atoms with E-state index in [1.807, 2.05) is 0 Å². The molecule has 0 unspecified atom stereocenters. The first-order valence-corrected chi connectivity index (χ1v) is 25.2. The van der Waals surface area contributed by atoms with Gasteiger partial charge in [-0.3, -0.25) is 0 Å². The summed E-state index contributed by atoms with van der Waals surface area (Å²) in [6, 6.07) is 107. The highest BCUT2D eigenvalue weighted by molar-refractivity contribution is 6.10. The van der Waals surface area contributed by atoms with Crippen molar-refractivity contribution in [3.8, 4) is 50.2 Å². The van der Waals surface area contributed by atoms with E-state index in [1.54, 1.807) is 0 Å². The fraction of sp³-hybridized carbons (Fsp3) is 0.0141. The van der Waals surface area contributed by atoms with Gasteiger partial charge in [0.2, 0.25) is 0 Å². The maximum Gasteiger partial charge on any atom is 0.0714 e. The summed E-state index contributed by atoms with van der Waals surface area (Å²) >= 11 is 0. The van der Waals surface area contributed by atoms with Crippen LogP contribution in [0.3, 0.4) is 0 Å². The van der Waals surface area contributed by atoms with Crippen molar-refractivity contribution in [1.82, 2.24) is 4.57 Å². The number of fused-ring (bicyclic) bond motifs is 7. The molecule has 1 aromatic heterocycles. The van der Waals surface area contributed by atoms with Gasteiger partial charge in [-0.15, -0.1) is 0 Å². The highest BCUT2D eigenvalue weighted by Crippen LogP contribution is 2.57. The number of hydrogen-bond donors (Lipinski definition) is 0. The number of rotatable bonds is 9. The predicted molar refractivity (Wildman–Crippen MR) is 307 cm³/mol. The molecule has 0 amide bonds. The molecule has 1 heterocycles. The molecule has 13 aromatic rings. The minimum absolute atomic E-state index is 0.530. The van der Waals surface area contributed by atoms with Crippen LogP contribution in [0.1, 0.15) is 22.3 Å². The van der Waals surface area contributed by atoms with E-state index >= 15 is 0 Å². The van der Waals surface area contributed by atoms with Crippen molar-refractivity contribution in [3.63, 3.8) is 0 Å². The van der Waals surface area contributed by atoms with Crippen LogP contribution in [-0.4, -0.2) is 4.57 Å². The summed E-state index contributed by atoms with van der Waals surface area (Å²) in [7, 11) is 0. The summed E-state index contributed by atoms with van der Waals surface area (Å²) in [6.07, 6.45) is 0. The minimum Gasteiger partial charge on any atom is -0.310 e. The van der Waals surface area contributed by atoms with Crippen molar-refractivity contribution >= 4 is 49.6 Å². The summed E-state index contributed by atoms with van der Waals surface area (Å²) in [5.74, 6) is 0. The van der Waals surface area contributed by atoms with Gasteiger partial charge in [0.25, 0.3) is 0 Å². The summed E-state index contributed by atoms with van der Waals surface area (Å²) < 4.78 is 2.40. The summed E-state index contributed by atoms with van der Waals surface area (Å²) in [5, 5.41) is 4.94. The molecule has 0 aliphatic heterocycles. The van der Waals surface area contributed by atoms with Crippen LogP contribution in [0, 0.1) is 0 Å². The molecule has 0 N–H and O–H groups in total. The van der Waals surface area contributed by atoms with Crippen LogP contribution in [0.5, 0.6) is 0 Å². The van der Waals surface area contributed by atoms with Gasteiger partial charge < -0.3 is 9.47 Å². The molecule has 73 heavy (non-hydrogen) atoms. The van der Waals surface area contributed by atoms with Gasteiger partial charge in [0.15, 0.2) is 0 Å². The molecule has 0 radical (unpaired) electrons. The maximum absolute atomic E-state index is 2.47. The van der Waals surface area contributed by atoms with Crippen LogP contribution in [0.15, 0.2) is 291 Å². The van der Waals surface area contributed by atoms with E-state index in [2.05, 4.69) is 301 Å². The number of aromatic nitrogens is 1. The quantitative estimate of drug-likeness (QED) is 0.140. The molecule has 14 rings (SSSR count). The summed E-state index contributed by atoms with van der Waals surface area (Å²) in [5.41, 5.74) is 21.0. The number of nitrogens with zero attached hydrogens (tertiary/aromatic N) is 2. The summed E-state index contributed by atoms with van der Waals surface area (Å²) in [4.78, 5) is 2.45. The number of anilines is 3. The van der Waals surface area contributed by atoms with E-state index in [-0.39, 0.29) is 0 Å². The van der Waals surface area contributed by atoms with E-state index in [0.717, 1.165) is 28.3 Å². The second-order valence-corrected chi connectivity index (χ2v) is 19.2. The Labute approximate surface area is 426 Å². The van der Waals surface area contributed by atoms with Gasteiger partial charge in [-0.1, -0.05) is 224 Å². The Kier molecular flexibility index (Phi) is 10.1. The molecule has 2 heteroatoms. The van der Waals surface area contributed by atoms with Gasteiger partial charge in [0.1, 0.15) is 0 Å². The highest BCUT2D eigenvalue weighted by atomic mass is 15.1. The lowest BCUT2D eigenvalue weighted by Crippen LogP contribution is -2.28. The van der Waals surface area contributed by atoms with E-state index in [1.165, 1.54) is 93.8 Å². The minimum atomic E-state index is -0.530. The van der Waals surface area contributed by atoms with Gasteiger partial charge in [-0.05, 0) is 144 Å². The average Bonchev–Trinajstić information content (AvgIpc) is 3.97. The Hall–Kier alpha value is -9.50. The molecule has 0 saturated heterocycles. The van der Waals surface area contributed by atoms with Gasteiger partial charge >= 0.3 is 0 Å². The van der Waals surface area contributed by atoms with Gasteiger partial charge in [0, 0.05) is 33.5 Å². The van der Waals surface area contributed by atoms with Crippen molar-refractivity contribution in [2.24, 2.45) is 0 Å².